The van der Waals surface area contributed by atoms with Crippen molar-refractivity contribution in [2.24, 2.45) is 5.92 Å². The lowest BCUT2D eigenvalue weighted by molar-refractivity contribution is -0.00138. The van der Waals surface area contributed by atoms with Gasteiger partial charge in [-0.15, -0.1) is 0 Å². The second kappa shape index (κ2) is 8.96. The third-order valence-electron chi connectivity index (χ3n) is 4.29. The summed E-state index contributed by atoms with van der Waals surface area (Å²) >= 11 is 0. The average molecular weight is 376 g/mol. The van der Waals surface area contributed by atoms with E-state index in [1.54, 1.807) is 56.3 Å². The number of rotatable bonds is 8. The number of carbonyl (C=O) groups is 1. The third-order valence-corrected chi connectivity index (χ3v) is 5.70. The molecule has 5 nitrogen and oxygen atoms in total. The Morgan fingerprint density at radius 1 is 0.923 bits per heavy atom. The van der Waals surface area contributed by atoms with Crippen LogP contribution in [0.1, 0.15) is 37.6 Å². The van der Waals surface area contributed by atoms with Crippen LogP contribution in [0, 0.1) is 5.92 Å². The molecule has 0 radical (unpaired) electrons. The standard InChI is InChI=1S/C20H24O5S/c1-4-19(15(2)24-20(21)17-11-7-5-8-12-17)16(3)25-26(22,23)18-13-9-6-10-14-18/h5-16,19H,4H2,1-3H3. The maximum atomic E-state index is 12.4. The van der Waals surface area contributed by atoms with E-state index in [4.69, 9.17) is 8.92 Å². The van der Waals surface area contributed by atoms with Gasteiger partial charge in [-0.3, -0.25) is 4.18 Å². The Labute approximate surface area is 155 Å². The van der Waals surface area contributed by atoms with Crippen LogP contribution in [-0.2, 0) is 19.0 Å². The van der Waals surface area contributed by atoms with E-state index in [9.17, 15) is 13.2 Å². The van der Waals surface area contributed by atoms with Crippen molar-refractivity contribution in [3.63, 3.8) is 0 Å². The van der Waals surface area contributed by atoms with Gasteiger partial charge in [0.25, 0.3) is 10.1 Å². The number of hydrogen-bond donors (Lipinski definition) is 0. The van der Waals surface area contributed by atoms with Gasteiger partial charge in [-0.2, -0.15) is 8.42 Å². The smallest absolute Gasteiger partial charge is 0.338 e. The van der Waals surface area contributed by atoms with Crippen LogP contribution in [0.25, 0.3) is 0 Å². The maximum absolute atomic E-state index is 12.4. The Morgan fingerprint density at radius 2 is 1.46 bits per heavy atom. The summed E-state index contributed by atoms with van der Waals surface area (Å²) in [6.45, 7) is 5.35. The summed E-state index contributed by atoms with van der Waals surface area (Å²) < 4.78 is 35.7. The summed E-state index contributed by atoms with van der Waals surface area (Å²) in [6.07, 6.45) is -0.521. The van der Waals surface area contributed by atoms with Crippen molar-refractivity contribution in [2.45, 2.75) is 44.3 Å². The van der Waals surface area contributed by atoms with Crippen LogP contribution < -0.4 is 0 Å². The van der Waals surface area contributed by atoms with Gasteiger partial charge in [0.05, 0.1) is 16.6 Å². The van der Waals surface area contributed by atoms with E-state index < -0.39 is 28.3 Å². The molecule has 0 spiro atoms. The van der Waals surface area contributed by atoms with Crippen molar-refractivity contribution in [2.75, 3.05) is 0 Å². The molecule has 0 saturated heterocycles. The Morgan fingerprint density at radius 3 is 2.00 bits per heavy atom. The number of benzene rings is 2. The van der Waals surface area contributed by atoms with Crippen molar-refractivity contribution in [1.82, 2.24) is 0 Å². The molecule has 0 saturated carbocycles. The van der Waals surface area contributed by atoms with E-state index >= 15 is 0 Å². The molecule has 2 aromatic rings. The highest BCUT2D eigenvalue weighted by Gasteiger charge is 2.30. The molecule has 0 aromatic heterocycles. The molecule has 0 fully saturated rings. The predicted molar refractivity (Wildman–Crippen MR) is 99.3 cm³/mol. The van der Waals surface area contributed by atoms with Crippen LogP contribution in [0.4, 0.5) is 0 Å². The highest BCUT2D eigenvalue weighted by atomic mass is 32.2. The quantitative estimate of drug-likeness (QED) is 0.513. The lowest BCUT2D eigenvalue weighted by Gasteiger charge is -2.28. The Hall–Kier alpha value is -2.18. The van der Waals surface area contributed by atoms with Crippen LogP contribution in [0.3, 0.4) is 0 Å². The maximum Gasteiger partial charge on any atom is 0.338 e. The first-order valence-corrected chi connectivity index (χ1v) is 10.0. The van der Waals surface area contributed by atoms with E-state index in [0.29, 0.717) is 12.0 Å². The molecule has 0 amide bonds. The fraction of sp³-hybridized carbons (Fsp3) is 0.350. The number of ether oxygens (including phenoxy) is 1. The van der Waals surface area contributed by atoms with E-state index in [0.717, 1.165) is 0 Å². The van der Waals surface area contributed by atoms with Gasteiger partial charge < -0.3 is 4.74 Å². The van der Waals surface area contributed by atoms with Crippen molar-refractivity contribution < 1.29 is 22.1 Å². The minimum absolute atomic E-state index is 0.107. The fourth-order valence-electron chi connectivity index (χ4n) is 2.86. The molecule has 0 N–H and O–H groups in total. The molecule has 6 heteroatoms. The third kappa shape index (κ3) is 5.16. The highest BCUT2D eigenvalue weighted by molar-refractivity contribution is 7.86. The normalized spacial score (nSPS) is 15.0. The Balaban J connectivity index is 2.05. The van der Waals surface area contributed by atoms with Gasteiger partial charge in [-0.1, -0.05) is 43.3 Å². The summed E-state index contributed by atoms with van der Waals surface area (Å²) in [4.78, 5) is 12.3. The fourth-order valence-corrected chi connectivity index (χ4v) is 4.00. The Bertz CT molecular complexity index is 803. The molecule has 2 aromatic carbocycles. The van der Waals surface area contributed by atoms with E-state index in [2.05, 4.69) is 0 Å². The van der Waals surface area contributed by atoms with Crippen molar-refractivity contribution in [3.8, 4) is 0 Å². The zero-order valence-corrected chi connectivity index (χ0v) is 16.0. The summed E-state index contributed by atoms with van der Waals surface area (Å²) in [5.74, 6) is -0.698. The first-order chi connectivity index (χ1) is 12.3. The van der Waals surface area contributed by atoms with Crippen molar-refractivity contribution in [3.05, 3.63) is 66.2 Å². The number of esters is 1. The van der Waals surface area contributed by atoms with Crippen molar-refractivity contribution in [1.29, 1.82) is 0 Å². The van der Waals surface area contributed by atoms with Crippen molar-refractivity contribution >= 4 is 16.1 Å². The van der Waals surface area contributed by atoms with Gasteiger partial charge in [0.2, 0.25) is 0 Å². The summed E-state index contributed by atoms with van der Waals surface area (Å²) in [7, 11) is -3.87. The molecule has 0 aliphatic carbocycles. The monoisotopic (exact) mass is 376 g/mol. The summed E-state index contributed by atoms with van der Waals surface area (Å²) in [5.41, 5.74) is 0.458. The molecule has 3 unspecified atom stereocenters. The first kappa shape index (κ1) is 20.1. The zero-order valence-electron chi connectivity index (χ0n) is 15.2. The molecule has 0 heterocycles. The average Bonchev–Trinajstić information content (AvgIpc) is 2.63. The molecular weight excluding hydrogens is 352 g/mol. The largest absolute Gasteiger partial charge is 0.459 e. The van der Waals surface area contributed by atoms with Crippen LogP contribution in [-0.4, -0.2) is 26.6 Å². The SMILES string of the molecule is CCC(C(C)OC(=O)c1ccccc1)C(C)OS(=O)(=O)c1ccccc1. The second-order valence-electron chi connectivity index (χ2n) is 6.12. The summed E-state index contributed by atoms with van der Waals surface area (Å²) in [6, 6.07) is 16.7. The van der Waals surface area contributed by atoms with Crippen LogP contribution in [0.15, 0.2) is 65.6 Å². The highest BCUT2D eigenvalue weighted by Crippen LogP contribution is 2.24. The van der Waals surface area contributed by atoms with Crippen LogP contribution in [0.5, 0.6) is 0 Å². The van der Waals surface area contributed by atoms with Gasteiger partial charge in [-0.05, 0) is 44.5 Å². The molecule has 26 heavy (non-hydrogen) atoms. The minimum Gasteiger partial charge on any atom is -0.459 e. The van der Waals surface area contributed by atoms with Crippen LogP contribution in [0.2, 0.25) is 0 Å². The molecular formula is C20H24O5S. The Kier molecular flexibility index (Phi) is 6.94. The second-order valence-corrected chi connectivity index (χ2v) is 7.69. The van der Waals surface area contributed by atoms with Crippen LogP contribution >= 0.6 is 0 Å². The molecule has 140 valence electrons. The molecule has 2 rings (SSSR count). The lowest BCUT2D eigenvalue weighted by Crippen LogP contribution is -2.34. The molecule has 3 atom stereocenters. The minimum atomic E-state index is -3.87. The number of hydrogen-bond acceptors (Lipinski definition) is 5. The topological polar surface area (TPSA) is 69.7 Å². The first-order valence-electron chi connectivity index (χ1n) is 8.59. The van der Waals surface area contributed by atoms with E-state index in [1.807, 2.05) is 13.0 Å². The molecule has 0 bridgehead atoms. The van der Waals surface area contributed by atoms with E-state index in [1.165, 1.54) is 12.1 Å². The zero-order chi connectivity index (χ0) is 19.2. The lowest BCUT2D eigenvalue weighted by atomic mass is 9.95. The van der Waals surface area contributed by atoms with E-state index in [-0.39, 0.29) is 10.8 Å². The molecule has 0 aliphatic heterocycles. The predicted octanol–water partition coefficient (Wildman–Crippen LogP) is 4.05. The van der Waals surface area contributed by atoms with Gasteiger partial charge >= 0.3 is 5.97 Å². The molecule has 0 aliphatic rings. The number of carbonyl (C=O) groups excluding carboxylic acids is 1. The van der Waals surface area contributed by atoms with Gasteiger partial charge in [-0.25, -0.2) is 4.79 Å². The van der Waals surface area contributed by atoms with Gasteiger partial charge in [0, 0.05) is 5.92 Å². The summed E-state index contributed by atoms with van der Waals surface area (Å²) in [5, 5.41) is 0. The van der Waals surface area contributed by atoms with Gasteiger partial charge in [0.1, 0.15) is 6.10 Å². The van der Waals surface area contributed by atoms with Gasteiger partial charge in [0.15, 0.2) is 0 Å².